The molecule has 5 nitrogen and oxygen atoms in total. The van der Waals surface area contributed by atoms with Crippen molar-refractivity contribution in [3.8, 4) is 0 Å². The molecule has 3 N–H and O–H groups in total. The van der Waals surface area contributed by atoms with Crippen LogP contribution in [0.5, 0.6) is 0 Å². The van der Waals surface area contributed by atoms with Crippen molar-refractivity contribution in [3.05, 3.63) is 29.8 Å². The smallest absolute Gasteiger partial charge is 0.315 e. The predicted octanol–water partition coefficient (Wildman–Crippen LogP) is 2.54. The van der Waals surface area contributed by atoms with E-state index in [1.54, 1.807) is 0 Å². The fraction of sp³-hybridized carbons (Fsp3) is 0.467. The fourth-order valence-corrected chi connectivity index (χ4v) is 2.43. The topological polar surface area (TPSA) is 70.2 Å². The molecule has 0 aromatic heterocycles. The number of carbonyl (C=O) groups excluding carboxylic acids is 2. The first-order valence-corrected chi connectivity index (χ1v) is 7.34. The minimum absolute atomic E-state index is 0.124. The molecule has 1 fully saturated rings. The van der Waals surface area contributed by atoms with Crippen LogP contribution >= 0.6 is 0 Å². The molecule has 1 aliphatic carbocycles. The molecule has 3 amide bonds. The van der Waals surface area contributed by atoms with Crippen LogP contribution in [0.4, 0.5) is 19.3 Å². The van der Waals surface area contributed by atoms with Gasteiger partial charge in [-0.1, -0.05) is 19.3 Å². The molecule has 1 aromatic rings. The van der Waals surface area contributed by atoms with Crippen LogP contribution in [0.1, 0.15) is 32.1 Å². The van der Waals surface area contributed by atoms with Gasteiger partial charge >= 0.3 is 6.03 Å². The largest absolute Gasteiger partial charge is 0.335 e. The Hall–Kier alpha value is -2.18. The monoisotopic (exact) mass is 311 g/mol. The highest BCUT2D eigenvalue weighted by atomic mass is 19.1. The lowest BCUT2D eigenvalue weighted by atomic mass is 9.96. The number of hydrogen-bond acceptors (Lipinski definition) is 2. The molecule has 0 bridgehead atoms. The molecule has 1 aliphatic rings. The van der Waals surface area contributed by atoms with Gasteiger partial charge in [-0.2, -0.15) is 0 Å². The Morgan fingerprint density at radius 3 is 2.55 bits per heavy atom. The van der Waals surface area contributed by atoms with E-state index >= 15 is 0 Å². The van der Waals surface area contributed by atoms with Gasteiger partial charge in [0.05, 0.1) is 12.2 Å². The maximum absolute atomic E-state index is 13.4. The number of amides is 3. The predicted molar refractivity (Wildman–Crippen MR) is 78.4 cm³/mol. The van der Waals surface area contributed by atoms with E-state index in [-0.39, 0.29) is 18.3 Å². The van der Waals surface area contributed by atoms with Crippen LogP contribution in [0.15, 0.2) is 18.2 Å². The Kier molecular flexibility index (Phi) is 5.68. The van der Waals surface area contributed by atoms with Gasteiger partial charge in [-0.15, -0.1) is 0 Å². The van der Waals surface area contributed by atoms with Gasteiger partial charge in [0.2, 0.25) is 5.91 Å². The van der Waals surface area contributed by atoms with Crippen LogP contribution in [0, 0.1) is 11.6 Å². The molecular formula is C15H19F2N3O2. The molecule has 0 unspecified atom stereocenters. The van der Waals surface area contributed by atoms with Crippen molar-refractivity contribution in [2.75, 3.05) is 11.9 Å². The average molecular weight is 311 g/mol. The van der Waals surface area contributed by atoms with Crippen molar-refractivity contribution in [1.29, 1.82) is 0 Å². The normalized spacial score (nSPS) is 15.2. The van der Waals surface area contributed by atoms with Gasteiger partial charge in [0.25, 0.3) is 0 Å². The second kappa shape index (κ2) is 7.72. The molecule has 120 valence electrons. The lowest BCUT2D eigenvalue weighted by Gasteiger charge is -2.22. The van der Waals surface area contributed by atoms with E-state index in [9.17, 15) is 18.4 Å². The summed E-state index contributed by atoms with van der Waals surface area (Å²) in [6, 6.07) is 2.58. The van der Waals surface area contributed by atoms with Crippen molar-refractivity contribution in [2.24, 2.45) is 0 Å². The van der Waals surface area contributed by atoms with Gasteiger partial charge in [0.1, 0.15) is 11.6 Å². The van der Waals surface area contributed by atoms with E-state index in [4.69, 9.17) is 0 Å². The molecule has 0 saturated heterocycles. The molecule has 1 aromatic carbocycles. The minimum Gasteiger partial charge on any atom is -0.335 e. The van der Waals surface area contributed by atoms with Crippen LogP contribution < -0.4 is 16.0 Å². The number of hydrogen-bond donors (Lipinski definition) is 3. The summed E-state index contributed by atoms with van der Waals surface area (Å²) in [5.74, 6) is -2.16. The highest BCUT2D eigenvalue weighted by Gasteiger charge is 2.16. The van der Waals surface area contributed by atoms with Crippen LogP contribution in [0.3, 0.4) is 0 Å². The van der Waals surface area contributed by atoms with E-state index in [2.05, 4.69) is 16.0 Å². The molecule has 0 spiro atoms. The summed E-state index contributed by atoms with van der Waals surface area (Å²) in [7, 11) is 0. The second-order valence-electron chi connectivity index (χ2n) is 5.33. The van der Waals surface area contributed by atoms with Gasteiger partial charge in [-0.3, -0.25) is 4.79 Å². The van der Waals surface area contributed by atoms with Crippen LogP contribution in [0.2, 0.25) is 0 Å². The summed E-state index contributed by atoms with van der Waals surface area (Å²) in [5, 5.41) is 7.50. The van der Waals surface area contributed by atoms with Gasteiger partial charge < -0.3 is 16.0 Å². The number of anilines is 1. The number of halogens is 2. The zero-order chi connectivity index (χ0) is 15.9. The van der Waals surface area contributed by atoms with Crippen molar-refractivity contribution < 1.29 is 18.4 Å². The first-order chi connectivity index (χ1) is 10.5. The third kappa shape index (κ3) is 4.98. The lowest BCUT2D eigenvalue weighted by molar-refractivity contribution is -0.115. The van der Waals surface area contributed by atoms with Crippen LogP contribution in [-0.4, -0.2) is 24.5 Å². The third-order valence-electron chi connectivity index (χ3n) is 3.56. The fourth-order valence-electron chi connectivity index (χ4n) is 2.43. The van der Waals surface area contributed by atoms with E-state index in [0.717, 1.165) is 37.8 Å². The Labute approximate surface area is 127 Å². The lowest BCUT2D eigenvalue weighted by Crippen LogP contribution is -2.45. The second-order valence-corrected chi connectivity index (χ2v) is 5.33. The summed E-state index contributed by atoms with van der Waals surface area (Å²) >= 11 is 0. The molecule has 1 saturated carbocycles. The highest BCUT2D eigenvalue weighted by Crippen LogP contribution is 2.17. The van der Waals surface area contributed by atoms with E-state index in [0.29, 0.717) is 6.07 Å². The van der Waals surface area contributed by atoms with Gasteiger partial charge in [-0.05, 0) is 25.0 Å². The Balaban J connectivity index is 1.73. The average Bonchev–Trinajstić information content (AvgIpc) is 2.49. The maximum atomic E-state index is 13.4. The van der Waals surface area contributed by atoms with E-state index < -0.39 is 23.6 Å². The first-order valence-electron chi connectivity index (χ1n) is 7.34. The molecule has 0 aliphatic heterocycles. The van der Waals surface area contributed by atoms with Crippen molar-refractivity contribution in [2.45, 2.75) is 38.1 Å². The Morgan fingerprint density at radius 2 is 1.86 bits per heavy atom. The minimum atomic E-state index is -0.861. The number of carbonyl (C=O) groups is 2. The molecule has 0 heterocycles. The summed E-state index contributed by atoms with van der Waals surface area (Å²) < 4.78 is 26.1. The molecule has 0 atom stereocenters. The number of nitrogens with one attached hydrogen (secondary N) is 3. The first kappa shape index (κ1) is 16.2. The summed E-state index contributed by atoms with van der Waals surface area (Å²) in [6.07, 6.45) is 5.26. The third-order valence-corrected chi connectivity index (χ3v) is 3.56. The summed E-state index contributed by atoms with van der Waals surface area (Å²) in [4.78, 5) is 23.3. The Morgan fingerprint density at radius 1 is 1.14 bits per heavy atom. The molecular weight excluding hydrogens is 292 g/mol. The van der Waals surface area contributed by atoms with Crippen molar-refractivity contribution in [1.82, 2.24) is 10.6 Å². The van der Waals surface area contributed by atoms with Crippen LogP contribution in [-0.2, 0) is 4.79 Å². The number of benzene rings is 1. The standard InChI is InChI=1S/C15H19F2N3O2/c16-10-6-7-13(12(17)8-10)20-14(21)9-18-15(22)19-11-4-2-1-3-5-11/h6-8,11H,1-5,9H2,(H,20,21)(H2,18,19,22). The zero-order valence-electron chi connectivity index (χ0n) is 12.1. The quantitative estimate of drug-likeness (QED) is 0.799. The molecule has 2 rings (SSSR count). The van der Waals surface area contributed by atoms with Crippen molar-refractivity contribution in [3.63, 3.8) is 0 Å². The molecule has 7 heteroatoms. The van der Waals surface area contributed by atoms with Crippen LogP contribution in [0.25, 0.3) is 0 Å². The summed E-state index contributed by atoms with van der Waals surface area (Å²) in [6.45, 7) is -0.282. The van der Waals surface area contributed by atoms with E-state index in [1.807, 2.05) is 0 Å². The van der Waals surface area contributed by atoms with Crippen molar-refractivity contribution >= 4 is 17.6 Å². The number of urea groups is 1. The maximum Gasteiger partial charge on any atom is 0.315 e. The van der Waals surface area contributed by atoms with E-state index in [1.165, 1.54) is 6.42 Å². The molecule has 0 radical (unpaired) electrons. The highest BCUT2D eigenvalue weighted by molar-refractivity contribution is 5.94. The van der Waals surface area contributed by atoms with Gasteiger partial charge in [0.15, 0.2) is 0 Å². The summed E-state index contributed by atoms with van der Waals surface area (Å²) in [5.41, 5.74) is -0.124. The number of rotatable bonds is 4. The van der Waals surface area contributed by atoms with Gasteiger partial charge in [0, 0.05) is 12.1 Å². The van der Waals surface area contributed by atoms with Gasteiger partial charge in [-0.25, -0.2) is 13.6 Å². The zero-order valence-corrected chi connectivity index (χ0v) is 12.1. The SMILES string of the molecule is O=C(CNC(=O)NC1CCCCC1)Nc1ccc(F)cc1F. The Bertz CT molecular complexity index is 546. The molecule has 22 heavy (non-hydrogen) atoms.